The molecule has 0 aliphatic heterocycles. The number of phenolic OH excluding ortho intramolecular Hbond substituents is 1. The van der Waals surface area contributed by atoms with E-state index < -0.39 is 4.92 Å². The summed E-state index contributed by atoms with van der Waals surface area (Å²) in [6, 6.07) is 3.94. The first-order chi connectivity index (χ1) is 6.02. The topological polar surface area (TPSA) is 66.6 Å². The Morgan fingerprint density at radius 2 is 2.08 bits per heavy atom. The van der Waals surface area contributed by atoms with Gasteiger partial charge in [-0.05, 0) is 6.07 Å². The third-order valence-electron chi connectivity index (χ3n) is 1.64. The molecule has 0 saturated heterocycles. The molecule has 0 radical (unpaired) electrons. The van der Waals surface area contributed by atoms with Gasteiger partial charge in [-0.2, -0.15) is 0 Å². The Kier molecular flexibility index (Phi) is 2.36. The summed E-state index contributed by atoms with van der Waals surface area (Å²) in [7, 11) is 3.36. The molecule has 0 aromatic heterocycles. The fraction of sp³-hybridized carbons (Fsp3) is 0.250. The summed E-state index contributed by atoms with van der Waals surface area (Å²) in [6.45, 7) is 0. The second kappa shape index (κ2) is 3.30. The van der Waals surface area contributed by atoms with Crippen molar-refractivity contribution in [3.05, 3.63) is 28.3 Å². The largest absolute Gasteiger partial charge is 0.508 e. The van der Waals surface area contributed by atoms with Gasteiger partial charge in [0.1, 0.15) is 11.4 Å². The van der Waals surface area contributed by atoms with Gasteiger partial charge >= 0.3 is 0 Å². The lowest BCUT2D eigenvalue weighted by Crippen LogP contribution is -2.10. The van der Waals surface area contributed by atoms with Crippen molar-refractivity contribution in [2.24, 2.45) is 0 Å². The number of rotatable bonds is 2. The Morgan fingerprint density at radius 1 is 1.46 bits per heavy atom. The number of benzene rings is 1. The Labute approximate surface area is 75.4 Å². The van der Waals surface area contributed by atoms with Gasteiger partial charge in [0.05, 0.1) is 4.92 Å². The number of nitro groups is 1. The van der Waals surface area contributed by atoms with Crippen LogP contribution in [-0.4, -0.2) is 24.1 Å². The highest BCUT2D eigenvalue weighted by molar-refractivity contribution is 5.64. The third kappa shape index (κ3) is 1.87. The summed E-state index contributed by atoms with van der Waals surface area (Å²) in [5.74, 6) is 0.0225. The maximum absolute atomic E-state index is 10.5. The number of nitro benzene ring substituents is 1. The molecule has 0 spiro atoms. The molecule has 0 aliphatic rings. The Balaban J connectivity index is 3.26. The van der Waals surface area contributed by atoms with Crippen LogP contribution >= 0.6 is 0 Å². The Bertz CT molecular complexity index is 336. The second-order valence-corrected chi connectivity index (χ2v) is 2.82. The van der Waals surface area contributed by atoms with Crippen molar-refractivity contribution < 1.29 is 10.0 Å². The van der Waals surface area contributed by atoms with Crippen molar-refractivity contribution in [2.75, 3.05) is 19.0 Å². The summed E-state index contributed by atoms with van der Waals surface area (Å²) >= 11 is 0. The molecule has 0 unspecified atom stereocenters. The van der Waals surface area contributed by atoms with Gasteiger partial charge in [0, 0.05) is 26.2 Å². The molecule has 70 valence electrons. The number of nitrogens with zero attached hydrogens (tertiary/aromatic N) is 2. The van der Waals surface area contributed by atoms with Crippen LogP contribution in [0, 0.1) is 10.1 Å². The highest BCUT2D eigenvalue weighted by Crippen LogP contribution is 2.29. The fourth-order valence-electron chi connectivity index (χ4n) is 1.02. The van der Waals surface area contributed by atoms with Crippen LogP contribution in [0.4, 0.5) is 11.4 Å². The predicted octanol–water partition coefficient (Wildman–Crippen LogP) is 1.37. The van der Waals surface area contributed by atoms with Crippen molar-refractivity contribution in [1.82, 2.24) is 0 Å². The molecule has 13 heavy (non-hydrogen) atoms. The maximum Gasteiger partial charge on any atom is 0.292 e. The number of phenols is 1. The summed E-state index contributed by atoms with van der Waals surface area (Å²) in [6.07, 6.45) is 0. The van der Waals surface area contributed by atoms with E-state index in [0.29, 0.717) is 5.69 Å². The van der Waals surface area contributed by atoms with Crippen molar-refractivity contribution in [1.29, 1.82) is 0 Å². The number of aromatic hydroxyl groups is 1. The average molecular weight is 182 g/mol. The lowest BCUT2D eigenvalue weighted by Gasteiger charge is -2.12. The summed E-state index contributed by atoms with van der Waals surface area (Å²) in [5, 5.41) is 19.7. The van der Waals surface area contributed by atoms with E-state index >= 15 is 0 Å². The van der Waals surface area contributed by atoms with Crippen molar-refractivity contribution in [3.8, 4) is 5.75 Å². The van der Waals surface area contributed by atoms with E-state index in [1.165, 1.54) is 18.2 Å². The Morgan fingerprint density at radius 3 is 2.54 bits per heavy atom. The minimum Gasteiger partial charge on any atom is -0.508 e. The normalized spacial score (nSPS) is 9.69. The molecule has 0 atom stereocenters. The van der Waals surface area contributed by atoms with E-state index in [9.17, 15) is 10.1 Å². The lowest BCUT2D eigenvalue weighted by molar-refractivity contribution is -0.384. The molecular formula is C8H10N2O3. The number of anilines is 1. The quantitative estimate of drug-likeness (QED) is 0.554. The van der Waals surface area contributed by atoms with Crippen LogP contribution in [0.15, 0.2) is 18.2 Å². The van der Waals surface area contributed by atoms with Gasteiger partial charge in [0.25, 0.3) is 5.69 Å². The fourth-order valence-corrected chi connectivity index (χ4v) is 1.02. The average Bonchev–Trinajstić information content (AvgIpc) is 2.03. The van der Waals surface area contributed by atoms with Gasteiger partial charge in [-0.15, -0.1) is 0 Å². The molecule has 0 saturated carbocycles. The van der Waals surface area contributed by atoms with E-state index in [-0.39, 0.29) is 11.4 Å². The zero-order valence-electron chi connectivity index (χ0n) is 7.39. The predicted molar refractivity (Wildman–Crippen MR) is 49.1 cm³/mol. The molecule has 1 rings (SSSR count). The van der Waals surface area contributed by atoms with E-state index in [1.807, 2.05) is 0 Å². The van der Waals surface area contributed by atoms with Gasteiger partial charge in [-0.1, -0.05) is 0 Å². The van der Waals surface area contributed by atoms with Crippen LogP contribution in [0.25, 0.3) is 0 Å². The van der Waals surface area contributed by atoms with Gasteiger partial charge in [-0.25, -0.2) is 0 Å². The van der Waals surface area contributed by atoms with Crippen LogP contribution in [0.1, 0.15) is 0 Å². The van der Waals surface area contributed by atoms with Crippen molar-refractivity contribution in [2.45, 2.75) is 0 Å². The molecule has 5 heteroatoms. The minimum atomic E-state index is -0.477. The Hall–Kier alpha value is -1.78. The first-order valence-corrected chi connectivity index (χ1v) is 3.67. The smallest absolute Gasteiger partial charge is 0.292 e. The van der Waals surface area contributed by atoms with Gasteiger partial charge in [0.2, 0.25) is 0 Å². The molecule has 1 N–H and O–H groups in total. The van der Waals surface area contributed by atoms with E-state index in [1.54, 1.807) is 19.0 Å². The van der Waals surface area contributed by atoms with E-state index in [2.05, 4.69) is 0 Å². The minimum absolute atomic E-state index is 0.0113. The lowest BCUT2D eigenvalue weighted by atomic mass is 10.2. The van der Waals surface area contributed by atoms with Crippen LogP contribution in [-0.2, 0) is 0 Å². The maximum atomic E-state index is 10.5. The van der Waals surface area contributed by atoms with Crippen molar-refractivity contribution >= 4 is 11.4 Å². The molecular weight excluding hydrogens is 172 g/mol. The molecule has 0 heterocycles. The highest BCUT2D eigenvalue weighted by atomic mass is 16.6. The SMILES string of the molecule is CN(C)c1cc(O)ccc1[N+](=O)[O-]. The first kappa shape index (κ1) is 9.31. The first-order valence-electron chi connectivity index (χ1n) is 3.67. The number of hydrogen-bond donors (Lipinski definition) is 1. The zero-order valence-corrected chi connectivity index (χ0v) is 7.39. The van der Waals surface area contributed by atoms with Crippen LogP contribution in [0.2, 0.25) is 0 Å². The van der Waals surface area contributed by atoms with Crippen LogP contribution in [0.3, 0.4) is 0 Å². The zero-order chi connectivity index (χ0) is 10.0. The van der Waals surface area contributed by atoms with Gasteiger partial charge in [0.15, 0.2) is 0 Å². The van der Waals surface area contributed by atoms with Crippen LogP contribution in [0.5, 0.6) is 5.75 Å². The van der Waals surface area contributed by atoms with E-state index in [0.717, 1.165) is 0 Å². The molecule has 5 nitrogen and oxygen atoms in total. The third-order valence-corrected chi connectivity index (χ3v) is 1.64. The van der Waals surface area contributed by atoms with Crippen molar-refractivity contribution in [3.63, 3.8) is 0 Å². The molecule has 1 aromatic rings. The molecule has 0 aliphatic carbocycles. The molecule has 1 aromatic carbocycles. The van der Waals surface area contributed by atoms with Gasteiger partial charge < -0.3 is 10.0 Å². The summed E-state index contributed by atoms with van der Waals surface area (Å²) in [4.78, 5) is 11.6. The number of hydrogen-bond acceptors (Lipinski definition) is 4. The summed E-state index contributed by atoms with van der Waals surface area (Å²) < 4.78 is 0. The van der Waals surface area contributed by atoms with E-state index in [4.69, 9.17) is 5.11 Å². The highest BCUT2D eigenvalue weighted by Gasteiger charge is 2.15. The summed E-state index contributed by atoms with van der Waals surface area (Å²) in [5.41, 5.74) is 0.382. The second-order valence-electron chi connectivity index (χ2n) is 2.82. The monoisotopic (exact) mass is 182 g/mol. The standard InChI is InChI=1S/C8H10N2O3/c1-9(2)8-5-6(11)3-4-7(8)10(12)13/h3-5,11H,1-2H3. The molecule has 0 fully saturated rings. The molecule has 0 amide bonds. The van der Waals surface area contributed by atoms with Gasteiger partial charge in [-0.3, -0.25) is 10.1 Å². The molecule has 0 bridgehead atoms. The van der Waals surface area contributed by atoms with Crippen LogP contribution < -0.4 is 4.90 Å².